The number of thioether (sulfide) groups is 1. The number of nitrogens with one attached hydrogen (secondary N) is 1. The van der Waals surface area contributed by atoms with Gasteiger partial charge < -0.3 is 10.4 Å². The molecule has 1 aromatic rings. The van der Waals surface area contributed by atoms with E-state index < -0.39 is 22.8 Å². The number of carboxylic acid groups (broad SMARTS) is 1. The molecule has 0 aliphatic carbocycles. The van der Waals surface area contributed by atoms with E-state index in [0.717, 1.165) is 18.0 Å². The van der Waals surface area contributed by atoms with Crippen molar-refractivity contribution in [2.45, 2.75) is 24.9 Å². The van der Waals surface area contributed by atoms with Gasteiger partial charge in [-0.05, 0) is 12.5 Å². The van der Waals surface area contributed by atoms with Crippen molar-refractivity contribution in [2.24, 2.45) is 0 Å². The standard InChI is InChI=1S/C11H13N3O5S/c1-6-3-8(14(18)19)4-12-10(6)20-5-9(11(16)17)13-7(2)15/h3-4,9H,5H2,1-2H3,(H,13,15)(H,16,17)/t9-/m0/s1. The second kappa shape index (κ2) is 6.85. The lowest BCUT2D eigenvalue weighted by molar-refractivity contribution is -0.385. The van der Waals surface area contributed by atoms with Crippen LogP contribution < -0.4 is 5.32 Å². The molecule has 0 bridgehead atoms. The van der Waals surface area contributed by atoms with Gasteiger partial charge in [0.15, 0.2) is 0 Å². The van der Waals surface area contributed by atoms with E-state index in [1.807, 2.05) is 0 Å². The van der Waals surface area contributed by atoms with Gasteiger partial charge in [-0.15, -0.1) is 11.8 Å². The highest BCUT2D eigenvalue weighted by molar-refractivity contribution is 7.99. The number of aryl methyl sites for hydroxylation is 1. The first-order chi connectivity index (χ1) is 9.31. The molecule has 108 valence electrons. The Kier molecular flexibility index (Phi) is 5.44. The number of carboxylic acids is 1. The first-order valence-electron chi connectivity index (χ1n) is 5.55. The van der Waals surface area contributed by atoms with Crippen LogP contribution in [0.3, 0.4) is 0 Å². The van der Waals surface area contributed by atoms with Crippen LogP contribution in [-0.4, -0.2) is 38.7 Å². The minimum absolute atomic E-state index is 0.0839. The van der Waals surface area contributed by atoms with Gasteiger partial charge in [-0.25, -0.2) is 9.78 Å². The number of carbonyl (C=O) groups is 2. The first-order valence-corrected chi connectivity index (χ1v) is 6.53. The molecule has 8 nitrogen and oxygen atoms in total. The normalized spacial score (nSPS) is 11.7. The van der Waals surface area contributed by atoms with Gasteiger partial charge in [-0.3, -0.25) is 14.9 Å². The van der Waals surface area contributed by atoms with Crippen LogP contribution in [0.1, 0.15) is 12.5 Å². The zero-order chi connectivity index (χ0) is 15.3. The average Bonchev–Trinajstić information content (AvgIpc) is 2.34. The Labute approximate surface area is 118 Å². The van der Waals surface area contributed by atoms with E-state index in [0.29, 0.717) is 10.6 Å². The van der Waals surface area contributed by atoms with Crippen LogP contribution in [0, 0.1) is 17.0 Å². The van der Waals surface area contributed by atoms with E-state index in [1.165, 1.54) is 13.0 Å². The quantitative estimate of drug-likeness (QED) is 0.456. The van der Waals surface area contributed by atoms with Crippen molar-refractivity contribution in [1.82, 2.24) is 10.3 Å². The van der Waals surface area contributed by atoms with E-state index >= 15 is 0 Å². The highest BCUT2D eigenvalue weighted by Crippen LogP contribution is 2.23. The van der Waals surface area contributed by atoms with Gasteiger partial charge in [0.1, 0.15) is 12.2 Å². The molecule has 0 saturated heterocycles. The summed E-state index contributed by atoms with van der Waals surface area (Å²) in [6.45, 7) is 2.88. The lowest BCUT2D eigenvalue weighted by atomic mass is 10.3. The predicted octanol–water partition coefficient (Wildman–Crippen LogP) is 0.980. The highest BCUT2D eigenvalue weighted by atomic mass is 32.2. The van der Waals surface area contributed by atoms with Crippen molar-refractivity contribution in [2.75, 3.05) is 5.75 Å². The zero-order valence-corrected chi connectivity index (χ0v) is 11.6. The summed E-state index contributed by atoms with van der Waals surface area (Å²) in [7, 11) is 0. The average molecular weight is 299 g/mol. The molecule has 2 N–H and O–H groups in total. The van der Waals surface area contributed by atoms with E-state index in [-0.39, 0.29) is 11.4 Å². The number of aliphatic carboxylic acids is 1. The van der Waals surface area contributed by atoms with Crippen molar-refractivity contribution >= 4 is 29.3 Å². The van der Waals surface area contributed by atoms with E-state index in [9.17, 15) is 19.7 Å². The van der Waals surface area contributed by atoms with Crippen LogP contribution >= 0.6 is 11.8 Å². The molecule has 0 radical (unpaired) electrons. The molecule has 0 aliphatic rings. The van der Waals surface area contributed by atoms with Gasteiger partial charge in [0, 0.05) is 18.7 Å². The first kappa shape index (κ1) is 15.9. The second-order valence-electron chi connectivity index (χ2n) is 3.98. The lowest BCUT2D eigenvalue weighted by Gasteiger charge is -2.12. The number of aromatic nitrogens is 1. The Morgan fingerprint density at radius 3 is 2.70 bits per heavy atom. The summed E-state index contributed by atoms with van der Waals surface area (Å²) in [5.74, 6) is -1.50. The van der Waals surface area contributed by atoms with E-state index in [2.05, 4.69) is 10.3 Å². The molecule has 1 amide bonds. The summed E-state index contributed by atoms with van der Waals surface area (Å²) in [6.07, 6.45) is 1.11. The fourth-order valence-electron chi connectivity index (χ4n) is 1.38. The fourth-order valence-corrected chi connectivity index (χ4v) is 2.34. The molecule has 0 spiro atoms. The maximum Gasteiger partial charge on any atom is 0.327 e. The van der Waals surface area contributed by atoms with Gasteiger partial charge in [0.05, 0.1) is 9.95 Å². The van der Waals surface area contributed by atoms with Crippen LogP contribution in [-0.2, 0) is 9.59 Å². The number of carbonyl (C=O) groups excluding carboxylic acids is 1. The summed E-state index contributed by atoms with van der Waals surface area (Å²) in [6, 6.07) is 0.331. The number of nitrogens with zero attached hydrogens (tertiary/aromatic N) is 2. The molecule has 1 heterocycles. The SMILES string of the molecule is CC(=O)N[C@@H](CSc1ncc([N+](=O)[O-])cc1C)C(=O)O. The predicted molar refractivity (Wildman–Crippen MR) is 71.6 cm³/mol. The van der Waals surface area contributed by atoms with Crippen molar-refractivity contribution < 1.29 is 19.6 Å². The molecular weight excluding hydrogens is 286 g/mol. The zero-order valence-electron chi connectivity index (χ0n) is 10.8. The maximum atomic E-state index is 10.9. The molecule has 1 aromatic heterocycles. The van der Waals surface area contributed by atoms with Crippen molar-refractivity contribution in [3.8, 4) is 0 Å². The van der Waals surface area contributed by atoms with Crippen molar-refractivity contribution in [1.29, 1.82) is 0 Å². The Morgan fingerprint density at radius 2 is 2.25 bits per heavy atom. The smallest absolute Gasteiger partial charge is 0.327 e. The molecule has 1 atom stereocenters. The van der Waals surface area contributed by atoms with Crippen LogP contribution in [0.25, 0.3) is 0 Å². The largest absolute Gasteiger partial charge is 0.480 e. The van der Waals surface area contributed by atoms with Gasteiger partial charge in [0.25, 0.3) is 5.69 Å². The monoisotopic (exact) mass is 299 g/mol. The number of amides is 1. The van der Waals surface area contributed by atoms with Crippen LogP contribution in [0.15, 0.2) is 17.3 Å². The summed E-state index contributed by atoms with van der Waals surface area (Å²) in [4.78, 5) is 35.8. The number of nitro groups is 1. The van der Waals surface area contributed by atoms with E-state index in [4.69, 9.17) is 5.11 Å². The summed E-state index contributed by atoms with van der Waals surface area (Å²) in [5.41, 5.74) is 0.458. The summed E-state index contributed by atoms with van der Waals surface area (Å²) in [5, 5.41) is 22.3. The minimum atomic E-state index is -1.15. The molecule has 0 fully saturated rings. The van der Waals surface area contributed by atoms with Gasteiger partial charge in [0.2, 0.25) is 5.91 Å². The molecule has 9 heteroatoms. The highest BCUT2D eigenvalue weighted by Gasteiger charge is 2.19. The fraction of sp³-hybridized carbons (Fsp3) is 0.364. The Hall–Kier alpha value is -2.16. The Bertz CT molecular complexity index is 549. The van der Waals surface area contributed by atoms with Crippen molar-refractivity contribution in [3.63, 3.8) is 0 Å². The molecule has 20 heavy (non-hydrogen) atoms. The molecule has 1 rings (SSSR count). The topological polar surface area (TPSA) is 122 Å². The minimum Gasteiger partial charge on any atom is -0.480 e. The molecule has 0 saturated carbocycles. The Morgan fingerprint density at radius 1 is 1.60 bits per heavy atom. The third-order valence-corrected chi connectivity index (χ3v) is 3.49. The van der Waals surface area contributed by atoms with Gasteiger partial charge in [-0.2, -0.15) is 0 Å². The number of hydrogen-bond donors (Lipinski definition) is 2. The van der Waals surface area contributed by atoms with E-state index in [1.54, 1.807) is 6.92 Å². The molecule has 0 unspecified atom stereocenters. The Balaban J connectivity index is 2.75. The third-order valence-electron chi connectivity index (χ3n) is 2.29. The lowest BCUT2D eigenvalue weighted by Crippen LogP contribution is -2.41. The molecular formula is C11H13N3O5S. The van der Waals surface area contributed by atoms with Crippen molar-refractivity contribution in [3.05, 3.63) is 27.9 Å². The van der Waals surface area contributed by atoms with Gasteiger partial charge >= 0.3 is 5.97 Å². The van der Waals surface area contributed by atoms with Crippen LogP contribution in [0.5, 0.6) is 0 Å². The van der Waals surface area contributed by atoms with Gasteiger partial charge in [-0.1, -0.05) is 0 Å². The number of pyridine rings is 1. The second-order valence-corrected chi connectivity index (χ2v) is 4.98. The van der Waals surface area contributed by atoms with Crippen LogP contribution in [0.4, 0.5) is 5.69 Å². The van der Waals surface area contributed by atoms with Crippen LogP contribution in [0.2, 0.25) is 0 Å². The number of hydrogen-bond acceptors (Lipinski definition) is 6. The number of rotatable bonds is 6. The molecule has 0 aromatic carbocycles. The molecule has 0 aliphatic heterocycles. The maximum absolute atomic E-state index is 10.9. The third kappa shape index (κ3) is 4.50. The summed E-state index contributed by atoms with van der Waals surface area (Å²) < 4.78 is 0. The summed E-state index contributed by atoms with van der Waals surface area (Å²) >= 11 is 1.12.